The molecule has 0 fully saturated rings. The Balaban J connectivity index is 1.53. The molecule has 6 heteroatoms. The SMILES string of the molecule is CCN(CC)c1ccc(-c2ccc3c4c([nH]c3c2F)-c2ccc(NC(N)=O)cc2C4)cc1. The van der Waals surface area contributed by atoms with Gasteiger partial charge in [0, 0.05) is 47.4 Å². The topological polar surface area (TPSA) is 74.2 Å². The molecule has 2 amide bonds. The Bertz CT molecular complexity index is 1340. The van der Waals surface area contributed by atoms with Crippen LogP contribution in [0.5, 0.6) is 0 Å². The van der Waals surface area contributed by atoms with Gasteiger partial charge in [0.05, 0.1) is 11.2 Å². The minimum atomic E-state index is -0.591. The molecule has 5 rings (SSSR count). The Morgan fingerprint density at radius 3 is 2.47 bits per heavy atom. The third-order valence-electron chi connectivity index (χ3n) is 6.34. The van der Waals surface area contributed by atoms with Crippen LogP contribution in [0, 0.1) is 5.82 Å². The fourth-order valence-corrected chi connectivity index (χ4v) is 4.76. The van der Waals surface area contributed by atoms with Crippen molar-refractivity contribution in [2.75, 3.05) is 23.3 Å². The van der Waals surface area contributed by atoms with Crippen molar-refractivity contribution in [3.63, 3.8) is 0 Å². The van der Waals surface area contributed by atoms with Crippen molar-refractivity contribution in [1.82, 2.24) is 4.98 Å². The number of halogens is 1. The summed E-state index contributed by atoms with van der Waals surface area (Å²) in [5, 5.41) is 3.50. The van der Waals surface area contributed by atoms with Crippen molar-refractivity contribution >= 4 is 28.3 Å². The van der Waals surface area contributed by atoms with Crippen LogP contribution in [0.25, 0.3) is 33.3 Å². The first-order chi connectivity index (χ1) is 15.5. The van der Waals surface area contributed by atoms with Crippen LogP contribution < -0.4 is 16.0 Å². The number of aromatic amines is 1. The number of urea groups is 1. The van der Waals surface area contributed by atoms with Crippen LogP contribution in [0.15, 0.2) is 54.6 Å². The number of H-pyrrole nitrogens is 1. The Labute approximate surface area is 186 Å². The molecule has 4 N–H and O–H groups in total. The number of carbonyl (C=O) groups excluding carboxylic acids is 1. The van der Waals surface area contributed by atoms with Crippen molar-refractivity contribution in [3.05, 3.63) is 71.5 Å². The summed E-state index contributed by atoms with van der Waals surface area (Å²) < 4.78 is 15.6. The average Bonchev–Trinajstić information content (AvgIpc) is 3.31. The van der Waals surface area contributed by atoms with Crippen LogP contribution in [-0.2, 0) is 6.42 Å². The molecule has 1 aromatic heterocycles. The number of fused-ring (bicyclic) bond motifs is 5. The number of primary amides is 1. The molecule has 1 heterocycles. The lowest BCUT2D eigenvalue weighted by Crippen LogP contribution is -2.21. The summed E-state index contributed by atoms with van der Waals surface area (Å²) in [7, 11) is 0. The second kappa shape index (κ2) is 7.71. The fourth-order valence-electron chi connectivity index (χ4n) is 4.76. The molecule has 4 aromatic rings. The van der Waals surface area contributed by atoms with Gasteiger partial charge in [-0.15, -0.1) is 0 Å². The maximum Gasteiger partial charge on any atom is 0.316 e. The molecule has 0 spiro atoms. The highest BCUT2D eigenvalue weighted by Gasteiger charge is 2.25. The summed E-state index contributed by atoms with van der Waals surface area (Å²) in [5.41, 5.74) is 13.1. The van der Waals surface area contributed by atoms with Gasteiger partial charge in [0.15, 0.2) is 5.82 Å². The number of carbonyl (C=O) groups is 1. The van der Waals surface area contributed by atoms with E-state index in [4.69, 9.17) is 5.73 Å². The number of hydrogen-bond acceptors (Lipinski definition) is 2. The van der Waals surface area contributed by atoms with Gasteiger partial charge in [0.25, 0.3) is 0 Å². The normalized spacial score (nSPS) is 12.0. The minimum absolute atomic E-state index is 0.235. The van der Waals surface area contributed by atoms with Gasteiger partial charge in [0.2, 0.25) is 0 Å². The van der Waals surface area contributed by atoms with E-state index in [2.05, 4.69) is 41.2 Å². The standard InChI is InChI=1S/C26H25FN4O/c1-3-31(4-2)18-8-5-15(6-9-18)19-11-12-21-22-14-16-13-17(29-26(28)32)7-10-20(16)24(22)30-25(21)23(19)27/h5-13,30H,3-4,14H2,1-2H3,(H3,28,29,32). The molecule has 0 atom stereocenters. The minimum Gasteiger partial charge on any atom is -0.372 e. The van der Waals surface area contributed by atoms with E-state index in [0.717, 1.165) is 52.1 Å². The van der Waals surface area contributed by atoms with Crippen molar-refractivity contribution in [2.24, 2.45) is 5.73 Å². The van der Waals surface area contributed by atoms with Gasteiger partial charge in [-0.25, -0.2) is 9.18 Å². The van der Waals surface area contributed by atoms with Crippen LogP contribution in [0.4, 0.5) is 20.6 Å². The Kier molecular flexibility index (Phi) is 4.85. The molecule has 0 aliphatic heterocycles. The molecule has 162 valence electrons. The van der Waals surface area contributed by atoms with Crippen LogP contribution in [0.2, 0.25) is 0 Å². The summed E-state index contributed by atoms with van der Waals surface area (Å²) in [4.78, 5) is 16.7. The van der Waals surface area contributed by atoms with Gasteiger partial charge in [-0.1, -0.05) is 30.3 Å². The number of anilines is 2. The average molecular weight is 429 g/mol. The molecule has 32 heavy (non-hydrogen) atoms. The number of benzene rings is 3. The van der Waals surface area contributed by atoms with E-state index in [1.54, 1.807) is 0 Å². The lowest BCUT2D eigenvalue weighted by molar-refractivity contribution is 0.259. The maximum absolute atomic E-state index is 15.6. The maximum atomic E-state index is 15.6. The molecular formula is C26H25FN4O. The van der Waals surface area contributed by atoms with Gasteiger partial charge in [-0.05, 0) is 54.8 Å². The lowest BCUT2D eigenvalue weighted by atomic mass is 10.0. The molecule has 0 saturated carbocycles. The Hall–Kier alpha value is -3.80. The molecule has 5 nitrogen and oxygen atoms in total. The van der Waals surface area contributed by atoms with Crippen LogP contribution in [0.1, 0.15) is 25.0 Å². The number of nitrogens with two attached hydrogens (primary N) is 1. The summed E-state index contributed by atoms with van der Waals surface area (Å²) in [5.74, 6) is -0.235. The number of nitrogens with zero attached hydrogens (tertiary/aromatic N) is 1. The van der Waals surface area contributed by atoms with E-state index in [9.17, 15) is 4.79 Å². The Morgan fingerprint density at radius 1 is 1.06 bits per heavy atom. The third kappa shape index (κ3) is 3.19. The van der Waals surface area contributed by atoms with Crippen molar-refractivity contribution in [1.29, 1.82) is 0 Å². The predicted molar refractivity (Wildman–Crippen MR) is 129 cm³/mol. The van der Waals surface area contributed by atoms with E-state index in [0.29, 0.717) is 23.2 Å². The van der Waals surface area contributed by atoms with Gasteiger partial charge < -0.3 is 20.9 Å². The number of hydrogen-bond donors (Lipinski definition) is 3. The van der Waals surface area contributed by atoms with Crippen molar-refractivity contribution in [3.8, 4) is 22.4 Å². The molecule has 0 radical (unpaired) electrons. The molecule has 3 aromatic carbocycles. The second-order valence-electron chi connectivity index (χ2n) is 8.09. The Morgan fingerprint density at radius 2 is 1.78 bits per heavy atom. The van der Waals surface area contributed by atoms with Gasteiger partial charge in [0.1, 0.15) is 0 Å². The van der Waals surface area contributed by atoms with Crippen LogP contribution in [-0.4, -0.2) is 24.1 Å². The van der Waals surface area contributed by atoms with Crippen LogP contribution in [0.3, 0.4) is 0 Å². The van der Waals surface area contributed by atoms with Crippen molar-refractivity contribution < 1.29 is 9.18 Å². The summed E-state index contributed by atoms with van der Waals surface area (Å²) in [6, 6.07) is 17.0. The zero-order valence-corrected chi connectivity index (χ0v) is 18.1. The zero-order valence-electron chi connectivity index (χ0n) is 18.1. The van der Waals surface area contributed by atoms with E-state index in [1.165, 1.54) is 0 Å². The highest BCUT2D eigenvalue weighted by atomic mass is 19.1. The molecular weight excluding hydrogens is 403 g/mol. The van der Waals surface area contributed by atoms with Crippen molar-refractivity contribution in [2.45, 2.75) is 20.3 Å². The molecule has 0 saturated heterocycles. The number of rotatable bonds is 5. The smallest absolute Gasteiger partial charge is 0.316 e. The highest BCUT2D eigenvalue weighted by Crippen LogP contribution is 2.43. The fraction of sp³-hybridized carbons (Fsp3) is 0.192. The van der Waals surface area contributed by atoms with E-state index in [1.807, 2.05) is 42.5 Å². The molecule has 0 unspecified atom stereocenters. The van der Waals surface area contributed by atoms with E-state index in [-0.39, 0.29) is 5.82 Å². The first kappa shape index (κ1) is 20.1. The summed E-state index contributed by atoms with van der Waals surface area (Å²) in [6.45, 7) is 6.13. The highest BCUT2D eigenvalue weighted by molar-refractivity contribution is 5.97. The van der Waals surface area contributed by atoms with Gasteiger partial charge in [-0.2, -0.15) is 0 Å². The molecule has 1 aliphatic rings. The number of aromatic nitrogens is 1. The van der Waals surface area contributed by atoms with Crippen LogP contribution >= 0.6 is 0 Å². The first-order valence-corrected chi connectivity index (χ1v) is 10.9. The lowest BCUT2D eigenvalue weighted by Gasteiger charge is -2.21. The molecule has 1 aliphatic carbocycles. The third-order valence-corrected chi connectivity index (χ3v) is 6.34. The van der Waals surface area contributed by atoms with Gasteiger partial charge >= 0.3 is 6.03 Å². The summed E-state index contributed by atoms with van der Waals surface area (Å²) in [6.07, 6.45) is 0.677. The number of nitrogens with one attached hydrogen (secondary N) is 2. The summed E-state index contributed by atoms with van der Waals surface area (Å²) >= 11 is 0. The van der Waals surface area contributed by atoms with E-state index < -0.39 is 6.03 Å². The first-order valence-electron chi connectivity index (χ1n) is 10.9. The monoisotopic (exact) mass is 428 g/mol. The second-order valence-corrected chi connectivity index (χ2v) is 8.09. The zero-order chi connectivity index (χ0) is 22.4. The largest absolute Gasteiger partial charge is 0.372 e. The molecule has 0 bridgehead atoms. The number of amides is 2. The van der Waals surface area contributed by atoms with E-state index >= 15 is 4.39 Å². The predicted octanol–water partition coefficient (Wildman–Crippen LogP) is 5.88. The quantitative estimate of drug-likeness (QED) is 0.327. The van der Waals surface area contributed by atoms with Gasteiger partial charge in [-0.3, -0.25) is 0 Å².